The van der Waals surface area contributed by atoms with Crippen LogP contribution in [0.2, 0.25) is 0 Å². The van der Waals surface area contributed by atoms with E-state index in [1.807, 2.05) is 26.0 Å². The SMILES string of the molecule is CCC(C)(N)c1nn2c(-c3cccnc3)nnc2s1. The Morgan fingerprint density at radius 2 is 2.26 bits per heavy atom. The lowest BCUT2D eigenvalue weighted by atomic mass is 10.0. The molecule has 0 amide bonds. The van der Waals surface area contributed by atoms with Crippen LogP contribution >= 0.6 is 11.3 Å². The summed E-state index contributed by atoms with van der Waals surface area (Å²) >= 11 is 1.48. The van der Waals surface area contributed by atoms with E-state index < -0.39 is 5.54 Å². The molecule has 0 saturated carbocycles. The highest BCUT2D eigenvalue weighted by Gasteiger charge is 2.25. The fourth-order valence-corrected chi connectivity index (χ4v) is 2.64. The summed E-state index contributed by atoms with van der Waals surface area (Å²) in [5, 5.41) is 13.7. The van der Waals surface area contributed by atoms with E-state index in [1.54, 1.807) is 16.9 Å². The van der Waals surface area contributed by atoms with Crippen LogP contribution in [0.15, 0.2) is 24.5 Å². The summed E-state index contributed by atoms with van der Waals surface area (Å²) in [7, 11) is 0. The molecular formula is C12H14N6S. The predicted molar refractivity (Wildman–Crippen MR) is 73.7 cm³/mol. The Kier molecular flexibility index (Phi) is 2.79. The zero-order valence-electron chi connectivity index (χ0n) is 10.7. The van der Waals surface area contributed by atoms with E-state index in [0.29, 0.717) is 5.82 Å². The number of rotatable bonds is 3. The summed E-state index contributed by atoms with van der Waals surface area (Å²) in [6, 6.07) is 3.80. The minimum Gasteiger partial charge on any atom is -0.320 e. The predicted octanol–water partition coefficient (Wildman–Crippen LogP) is 1.83. The molecule has 0 spiro atoms. The fourth-order valence-electron chi connectivity index (χ4n) is 1.67. The molecule has 0 aliphatic rings. The van der Waals surface area contributed by atoms with Crippen molar-refractivity contribution in [3.8, 4) is 11.4 Å². The van der Waals surface area contributed by atoms with E-state index in [4.69, 9.17) is 5.73 Å². The summed E-state index contributed by atoms with van der Waals surface area (Å²) in [6.45, 7) is 4.02. The lowest BCUT2D eigenvalue weighted by molar-refractivity contribution is 0.467. The Balaban J connectivity index is 2.14. The van der Waals surface area contributed by atoms with Crippen LogP contribution in [0.25, 0.3) is 16.3 Å². The second-order valence-corrected chi connectivity index (χ2v) is 5.59. The highest BCUT2D eigenvalue weighted by atomic mass is 32.1. The third kappa shape index (κ3) is 2.00. The molecule has 3 aromatic heterocycles. The standard InChI is InChI=1S/C12H14N6S/c1-3-12(2,13)10-17-18-9(15-16-11(18)19-10)8-5-4-6-14-7-8/h4-7H,3,13H2,1-2H3. The van der Waals surface area contributed by atoms with Crippen molar-refractivity contribution in [3.63, 3.8) is 0 Å². The molecule has 3 rings (SSSR count). The van der Waals surface area contributed by atoms with Crippen molar-refractivity contribution in [1.29, 1.82) is 0 Å². The van der Waals surface area contributed by atoms with Gasteiger partial charge >= 0.3 is 0 Å². The van der Waals surface area contributed by atoms with E-state index in [-0.39, 0.29) is 0 Å². The first kappa shape index (κ1) is 12.2. The van der Waals surface area contributed by atoms with Crippen molar-refractivity contribution in [1.82, 2.24) is 24.8 Å². The molecule has 2 N–H and O–H groups in total. The van der Waals surface area contributed by atoms with Gasteiger partial charge in [-0.3, -0.25) is 4.98 Å². The van der Waals surface area contributed by atoms with Crippen LogP contribution in [0.3, 0.4) is 0 Å². The van der Waals surface area contributed by atoms with E-state index in [1.165, 1.54) is 11.3 Å². The van der Waals surface area contributed by atoms with Gasteiger partial charge < -0.3 is 5.73 Å². The molecule has 0 aliphatic carbocycles. The first-order valence-corrected chi connectivity index (χ1v) is 6.85. The van der Waals surface area contributed by atoms with Crippen molar-refractivity contribution in [2.24, 2.45) is 5.73 Å². The number of hydrogen-bond acceptors (Lipinski definition) is 6. The summed E-state index contributed by atoms with van der Waals surface area (Å²) in [5.41, 5.74) is 6.68. The Bertz CT molecular complexity index is 699. The van der Waals surface area contributed by atoms with Gasteiger partial charge in [-0.25, -0.2) is 0 Å². The molecule has 0 aromatic carbocycles. The molecule has 3 aromatic rings. The minimum absolute atomic E-state index is 0.433. The second-order valence-electron chi connectivity index (χ2n) is 4.64. The maximum atomic E-state index is 6.22. The topological polar surface area (TPSA) is 82.0 Å². The van der Waals surface area contributed by atoms with Gasteiger partial charge in [0.2, 0.25) is 4.96 Å². The molecule has 7 heteroatoms. The number of nitrogens with two attached hydrogens (primary N) is 1. The smallest absolute Gasteiger partial charge is 0.235 e. The summed E-state index contributed by atoms with van der Waals surface area (Å²) in [6.07, 6.45) is 4.29. The molecule has 0 aliphatic heterocycles. The van der Waals surface area contributed by atoms with Crippen molar-refractivity contribution >= 4 is 16.3 Å². The molecule has 3 heterocycles. The Labute approximate surface area is 114 Å². The lowest BCUT2D eigenvalue weighted by Gasteiger charge is -2.18. The van der Waals surface area contributed by atoms with Gasteiger partial charge in [0, 0.05) is 18.0 Å². The van der Waals surface area contributed by atoms with Crippen LogP contribution in [-0.4, -0.2) is 24.8 Å². The summed E-state index contributed by atoms with van der Waals surface area (Å²) in [4.78, 5) is 4.84. The maximum Gasteiger partial charge on any atom is 0.235 e. The molecule has 0 fully saturated rings. The lowest BCUT2D eigenvalue weighted by Crippen LogP contribution is -2.31. The summed E-state index contributed by atoms with van der Waals surface area (Å²) in [5.74, 6) is 0.692. The summed E-state index contributed by atoms with van der Waals surface area (Å²) < 4.78 is 1.73. The highest BCUT2D eigenvalue weighted by Crippen LogP contribution is 2.28. The molecule has 1 unspecified atom stereocenters. The van der Waals surface area contributed by atoms with Crippen LogP contribution in [0.4, 0.5) is 0 Å². The maximum absolute atomic E-state index is 6.22. The monoisotopic (exact) mass is 274 g/mol. The fraction of sp³-hybridized carbons (Fsp3) is 0.333. The van der Waals surface area contributed by atoms with Crippen LogP contribution in [0, 0.1) is 0 Å². The third-order valence-electron chi connectivity index (χ3n) is 3.13. The van der Waals surface area contributed by atoms with Gasteiger partial charge in [-0.15, -0.1) is 10.2 Å². The van der Waals surface area contributed by atoms with Crippen molar-refractivity contribution in [2.45, 2.75) is 25.8 Å². The van der Waals surface area contributed by atoms with E-state index in [0.717, 1.165) is 22.0 Å². The molecule has 6 nitrogen and oxygen atoms in total. The second kappa shape index (κ2) is 4.36. The minimum atomic E-state index is -0.433. The Hall–Kier alpha value is -1.86. The zero-order chi connectivity index (χ0) is 13.5. The number of fused-ring (bicyclic) bond motifs is 1. The van der Waals surface area contributed by atoms with E-state index in [2.05, 4.69) is 20.3 Å². The zero-order valence-corrected chi connectivity index (χ0v) is 11.6. The highest BCUT2D eigenvalue weighted by molar-refractivity contribution is 7.16. The van der Waals surface area contributed by atoms with Crippen LogP contribution < -0.4 is 5.73 Å². The first-order valence-electron chi connectivity index (χ1n) is 6.04. The molecule has 98 valence electrons. The van der Waals surface area contributed by atoms with Gasteiger partial charge in [-0.1, -0.05) is 18.3 Å². The van der Waals surface area contributed by atoms with Gasteiger partial charge in [-0.05, 0) is 25.5 Å². The number of hydrogen-bond donors (Lipinski definition) is 1. The van der Waals surface area contributed by atoms with E-state index in [9.17, 15) is 0 Å². The Morgan fingerprint density at radius 3 is 2.95 bits per heavy atom. The average Bonchev–Trinajstić information content (AvgIpc) is 2.99. The van der Waals surface area contributed by atoms with Gasteiger partial charge in [0.1, 0.15) is 5.01 Å². The van der Waals surface area contributed by atoms with Crippen molar-refractivity contribution in [2.75, 3.05) is 0 Å². The third-order valence-corrected chi connectivity index (χ3v) is 4.31. The van der Waals surface area contributed by atoms with Gasteiger partial charge in [-0.2, -0.15) is 9.61 Å². The molecule has 19 heavy (non-hydrogen) atoms. The van der Waals surface area contributed by atoms with Crippen LogP contribution in [0.1, 0.15) is 25.3 Å². The molecule has 0 radical (unpaired) electrons. The van der Waals surface area contributed by atoms with Crippen molar-refractivity contribution < 1.29 is 0 Å². The normalized spacial score (nSPS) is 14.7. The van der Waals surface area contributed by atoms with Crippen LogP contribution in [0.5, 0.6) is 0 Å². The number of nitrogens with zero attached hydrogens (tertiary/aromatic N) is 5. The molecule has 1 atom stereocenters. The van der Waals surface area contributed by atoms with E-state index >= 15 is 0 Å². The van der Waals surface area contributed by atoms with Crippen LogP contribution in [-0.2, 0) is 5.54 Å². The molecule has 0 bridgehead atoms. The number of pyridine rings is 1. The molecular weight excluding hydrogens is 260 g/mol. The molecule has 0 saturated heterocycles. The van der Waals surface area contributed by atoms with Gasteiger partial charge in [0.25, 0.3) is 0 Å². The average molecular weight is 274 g/mol. The first-order chi connectivity index (χ1) is 9.12. The van der Waals surface area contributed by atoms with Crippen molar-refractivity contribution in [3.05, 3.63) is 29.5 Å². The Morgan fingerprint density at radius 1 is 1.42 bits per heavy atom. The number of aromatic nitrogens is 5. The van der Waals surface area contributed by atoms with Gasteiger partial charge in [0.15, 0.2) is 5.82 Å². The van der Waals surface area contributed by atoms with Gasteiger partial charge in [0.05, 0.1) is 5.54 Å². The largest absolute Gasteiger partial charge is 0.320 e. The quantitative estimate of drug-likeness (QED) is 0.788.